The maximum absolute atomic E-state index is 12.8. The molecule has 0 unspecified atom stereocenters. The van der Waals surface area contributed by atoms with Gasteiger partial charge in [-0.1, -0.05) is 6.07 Å². The molecule has 1 aromatic carbocycles. The molecule has 0 amide bonds. The summed E-state index contributed by atoms with van der Waals surface area (Å²) >= 11 is 0. The van der Waals surface area contributed by atoms with Crippen LogP contribution in [0.1, 0.15) is 24.0 Å². The van der Waals surface area contributed by atoms with Gasteiger partial charge in [-0.15, -0.1) is 0 Å². The fourth-order valence-corrected chi connectivity index (χ4v) is 3.52. The van der Waals surface area contributed by atoms with E-state index in [1.807, 2.05) is 0 Å². The monoisotopic (exact) mass is 322 g/mol. The van der Waals surface area contributed by atoms with Crippen molar-refractivity contribution in [1.29, 1.82) is 0 Å². The number of benzene rings is 1. The Morgan fingerprint density at radius 1 is 1.38 bits per heavy atom. The van der Waals surface area contributed by atoms with Crippen molar-refractivity contribution >= 4 is 10.0 Å². The van der Waals surface area contributed by atoms with Crippen LogP contribution in [0.3, 0.4) is 0 Å². The Balaban J connectivity index is 2.31. The summed E-state index contributed by atoms with van der Waals surface area (Å²) in [6.45, 7) is 1.42. The molecule has 3 N–H and O–H groups in total. The zero-order valence-corrected chi connectivity index (χ0v) is 12.3. The van der Waals surface area contributed by atoms with Crippen molar-refractivity contribution in [3.8, 4) is 0 Å². The SMILES string of the molecule is Cc1ccc(S(=O)(=O)N[C@H](CN)C2CC2)cc1C(F)(F)F. The Morgan fingerprint density at radius 2 is 2.00 bits per heavy atom. The fourth-order valence-electron chi connectivity index (χ4n) is 2.18. The molecule has 1 fully saturated rings. The third-order valence-electron chi connectivity index (χ3n) is 3.58. The van der Waals surface area contributed by atoms with Crippen molar-refractivity contribution in [3.05, 3.63) is 29.3 Å². The average molecular weight is 322 g/mol. The van der Waals surface area contributed by atoms with E-state index in [1.54, 1.807) is 0 Å². The van der Waals surface area contributed by atoms with E-state index in [0.717, 1.165) is 18.9 Å². The van der Waals surface area contributed by atoms with Crippen LogP contribution in [0.4, 0.5) is 13.2 Å². The minimum absolute atomic E-state index is 0.0148. The molecule has 0 heterocycles. The van der Waals surface area contributed by atoms with Crippen molar-refractivity contribution in [2.75, 3.05) is 6.54 Å². The van der Waals surface area contributed by atoms with Crippen LogP contribution in [0.2, 0.25) is 0 Å². The van der Waals surface area contributed by atoms with E-state index in [0.29, 0.717) is 6.07 Å². The molecule has 0 aromatic heterocycles. The molecular weight excluding hydrogens is 305 g/mol. The Labute approximate surface area is 121 Å². The lowest BCUT2D eigenvalue weighted by atomic mass is 10.1. The summed E-state index contributed by atoms with van der Waals surface area (Å²) in [6, 6.07) is 2.57. The molecule has 0 spiro atoms. The minimum atomic E-state index is -4.58. The van der Waals surface area contributed by atoms with Gasteiger partial charge in [-0.25, -0.2) is 13.1 Å². The summed E-state index contributed by atoms with van der Waals surface area (Å²) in [5.74, 6) is 0.178. The molecule has 21 heavy (non-hydrogen) atoms. The summed E-state index contributed by atoms with van der Waals surface area (Å²) < 4.78 is 65.3. The number of nitrogens with two attached hydrogens (primary N) is 1. The number of rotatable bonds is 5. The van der Waals surface area contributed by atoms with Gasteiger partial charge in [0.25, 0.3) is 0 Å². The van der Waals surface area contributed by atoms with Gasteiger partial charge >= 0.3 is 6.18 Å². The van der Waals surface area contributed by atoms with E-state index in [-0.39, 0.29) is 22.9 Å². The predicted molar refractivity (Wildman–Crippen MR) is 72.1 cm³/mol. The summed E-state index contributed by atoms with van der Waals surface area (Å²) in [4.78, 5) is -0.389. The molecule has 4 nitrogen and oxygen atoms in total. The summed E-state index contributed by atoms with van der Waals surface area (Å²) in [6.07, 6.45) is -2.82. The number of hydrogen-bond acceptors (Lipinski definition) is 3. The van der Waals surface area contributed by atoms with Crippen LogP contribution >= 0.6 is 0 Å². The van der Waals surface area contributed by atoms with Crippen LogP contribution in [0.15, 0.2) is 23.1 Å². The van der Waals surface area contributed by atoms with Gasteiger partial charge in [0.1, 0.15) is 0 Å². The lowest BCUT2D eigenvalue weighted by Gasteiger charge is -2.17. The predicted octanol–water partition coefficient (Wildman–Crippen LogP) is 2.03. The van der Waals surface area contributed by atoms with E-state index < -0.39 is 27.8 Å². The highest BCUT2D eigenvalue weighted by Gasteiger charge is 2.36. The first kappa shape index (κ1) is 16.3. The zero-order valence-electron chi connectivity index (χ0n) is 11.4. The number of alkyl halides is 3. The average Bonchev–Trinajstić information content (AvgIpc) is 3.19. The molecule has 0 radical (unpaired) electrons. The van der Waals surface area contributed by atoms with Gasteiger partial charge < -0.3 is 5.73 Å². The number of sulfonamides is 1. The third-order valence-corrected chi connectivity index (χ3v) is 5.06. The maximum Gasteiger partial charge on any atom is 0.416 e. The van der Waals surface area contributed by atoms with Gasteiger partial charge in [0, 0.05) is 12.6 Å². The van der Waals surface area contributed by atoms with E-state index in [2.05, 4.69) is 4.72 Å². The first-order valence-electron chi connectivity index (χ1n) is 6.55. The number of aryl methyl sites for hydroxylation is 1. The van der Waals surface area contributed by atoms with Crippen LogP contribution in [0, 0.1) is 12.8 Å². The minimum Gasteiger partial charge on any atom is -0.329 e. The van der Waals surface area contributed by atoms with E-state index in [4.69, 9.17) is 5.73 Å². The lowest BCUT2D eigenvalue weighted by Crippen LogP contribution is -2.41. The fraction of sp³-hybridized carbons (Fsp3) is 0.538. The highest BCUT2D eigenvalue weighted by atomic mass is 32.2. The molecule has 1 saturated carbocycles. The number of nitrogens with one attached hydrogen (secondary N) is 1. The summed E-state index contributed by atoms with van der Waals surface area (Å²) in [5, 5.41) is 0. The number of hydrogen-bond donors (Lipinski definition) is 2. The second kappa shape index (κ2) is 5.58. The Hall–Kier alpha value is -1.12. The zero-order chi connectivity index (χ0) is 15.8. The van der Waals surface area contributed by atoms with Crippen LogP contribution in [-0.2, 0) is 16.2 Å². The highest BCUT2D eigenvalue weighted by Crippen LogP contribution is 2.35. The quantitative estimate of drug-likeness (QED) is 0.871. The molecule has 1 aliphatic rings. The Bertz CT molecular complexity index is 625. The van der Waals surface area contributed by atoms with E-state index >= 15 is 0 Å². The van der Waals surface area contributed by atoms with Crippen LogP contribution in [-0.4, -0.2) is 21.0 Å². The van der Waals surface area contributed by atoms with Crippen molar-refractivity contribution in [3.63, 3.8) is 0 Å². The maximum atomic E-state index is 12.8. The molecule has 1 aliphatic carbocycles. The largest absolute Gasteiger partial charge is 0.416 e. The topological polar surface area (TPSA) is 72.2 Å². The summed E-state index contributed by atoms with van der Waals surface area (Å²) in [5.41, 5.74) is 4.56. The molecular formula is C13H17F3N2O2S. The molecule has 0 bridgehead atoms. The van der Waals surface area contributed by atoms with Gasteiger partial charge in [-0.2, -0.15) is 13.2 Å². The van der Waals surface area contributed by atoms with Crippen molar-refractivity contribution in [2.24, 2.45) is 11.7 Å². The first-order valence-corrected chi connectivity index (χ1v) is 8.03. The second-order valence-electron chi connectivity index (χ2n) is 5.28. The van der Waals surface area contributed by atoms with Crippen molar-refractivity contribution in [1.82, 2.24) is 4.72 Å². The molecule has 118 valence electrons. The van der Waals surface area contributed by atoms with Gasteiger partial charge in [0.2, 0.25) is 10.0 Å². The second-order valence-corrected chi connectivity index (χ2v) is 6.99. The van der Waals surface area contributed by atoms with Gasteiger partial charge in [-0.05, 0) is 43.4 Å². The Kier molecular flexibility index (Phi) is 4.32. The van der Waals surface area contributed by atoms with Gasteiger partial charge in [-0.3, -0.25) is 0 Å². The highest BCUT2D eigenvalue weighted by molar-refractivity contribution is 7.89. The van der Waals surface area contributed by atoms with Crippen molar-refractivity contribution in [2.45, 2.75) is 36.9 Å². The third kappa shape index (κ3) is 3.75. The molecule has 0 aliphatic heterocycles. The van der Waals surface area contributed by atoms with Gasteiger partial charge in [0.05, 0.1) is 10.5 Å². The summed E-state index contributed by atoms with van der Waals surface area (Å²) in [7, 11) is -4.01. The molecule has 0 saturated heterocycles. The molecule has 1 atom stereocenters. The van der Waals surface area contributed by atoms with Gasteiger partial charge in [0.15, 0.2) is 0 Å². The first-order chi connectivity index (χ1) is 9.65. The van der Waals surface area contributed by atoms with Crippen LogP contribution in [0.5, 0.6) is 0 Å². The van der Waals surface area contributed by atoms with Crippen LogP contribution < -0.4 is 10.5 Å². The van der Waals surface area contributed by atoms with Crippen molar-refractivity contribution < 1.29 is 21.6 Å². The molecule has 8 heteroatoms. The lowest BCUT2D eigenvalue weighted by molar-refractivity contribution is -0.138. The Morgan fingerprint density at radius 3 is 2.48 bits per heavy atom. The smallest absolute Gasteiger partial charge is 0.329 e. The van der Waals surface area contributed by atoms with Crippen LogP contribution in [0.25, 0.3) is 0 Å². The standard InChI is InChI=1S/C13H17F3N2O2S/c1-8-2-5-10(6-11(8)13(14,15)16)21(19,20)18-12(7-17)9-3-4-9/h2,5-6,9,12,18H,3-4,7,17H2,1H3/t12-/m1/s1. The van der Waals surface area contributed by atoms with E-state index in [9.17, 15) is 21.6 Å². The van der Waals surface area contributed by atoms with E-state index in [1.165, 1.54) is 13.0 Å². The normalized spacial score (nSPS) is 17.8. The molecule has 2 rings (SSSR count). The molecule has 1 aromatic rings. The number of halogens is 3.